The van der Waals surface area contributed by atoms with E-state index in [-0.39, 0.29) is 16.2 Å². The number of hydrogen-bond acceptors (Lipinski definition) is 3. The highest BCUT2D eigenvalue weighted by atomic mass is 16.3. The molecule has 0 amide bonds. The summed E-state index contributed by atoms with van der Waals surface area (Å²) in [6.07, 6.45) is 2.33. The summed E-state index contributed by atoms with van der Waals surface area (Å²) in [7, 11) is 0.792. The number of para-hydroxylation sites is 1. The molecule has 0 radical (unpaired) electrons. The Morgan fingerprint density at radius 1 is 0.569 bits per heavy atom. The molecule has 9 aromatic rings. The van der Waals surface area contributed by atoms with Crippen LogP contribution < -0.4 is 21.1 Å². The molecule has 1 aliphatic carbocycles. The smallest absolute Gasteiger partial charge is 0.198 e. The van der Waals surface area contributed by atoms with Crippen molar-refractivity contribution in [1.29, 1.82) is 0 Å². The molecule has 4 heteroatoms. The summed E-state index contributed by atoms with van der Waals surface area (Å²) in [5.74, 6) is 0. The molecule has 0 unspecified atom stereocenters. The van der Waals surface area contributed by atoms with Gasteiger partial charge in [-0.3, -0.25) is 0 Å². The Labute approximate surface area is 385 Å². The van der Waals surface area contributed by atoms with Crippen LogP contribution in [0.1, 0.15) is 83.6 Å². The van der Waals surface area contributed by atoms with Gasteiger partial charge in [-0.05, 0) is 134 Å². The van der Waals surface area contributed by atoms with Crippen LogP contribution in [0.5, 0.6) is 0 Å². The number of benzene rings is 8. The molecule has 2 aliphatic rings. The first-order chi connectivity index (χ1) is 31.2. The van der Waals surface area contributed by atoms with Crippen molar-refractivity contribution in [2.45, 2.75) is 84.5 Å². The number of hydrogen-bond donors (Lipinski definition) is 1. The van der Waals surface area contributed by atoms with Crippen molar-refractivity contribution >= 4 is 68.6 Å². The second kappa shape index (κ2) is 15.2. The molecule has 0 atom stereocenters. The number of aryl methyl sites for hydroxylation is 1. The highest BCUT2D eigenvalue weighted by Gasteiger charge is 2.41. The lowest BCUT2D eigenvalue weighted by atomic mass is 9.55. The van der Waals surface area contributed by atoms with Gasteiger partial charge in [0.15, 0.2) is 7.28 Å². The van der Waals surface area contributed by atoms with E-state index in [1.807, 2.05) is 0 Å². The second-order valence-corrected chi connectivity index (χ2v) is 21.0. The summed E-state index contributed by atoms with van der Waals surface area (Å²) in [6.45, 7) is 19.0. The van der Waals surface area contributed by atoms with E-state index in [0.717, 1.165) is 58.1 Å². The molecule has 2 heterocycles. The third-order valence-electron chi connectivity index (χ3n) is 14.6. The van der Waals surface area contributed by atoms with Crippen LogP contribution in [-0.4, -0.2) is 7.28 Å². The van der Waals surface area contributed by atoms with E-state index in [1.54, 1.807) is 0 Å². The Kier molecular flexibility index (Phi) is 9.56. The lowest BCUT2D eigenvalue weighted by Gasteiger charge is -2.44. The van der Waals surface area contributed by atoms with E-state index in [0.29, 0.717) is 0 Å². The molecule has 3 nitrogen and oxygen atoms in total. The van der Waals surface area contributed by atoms with E-state index in [9.17, 15) is 0 Å². The molecule has 1 N–H and O–H groups in total. The van der Waals surface area contributed by atoms with Gasteiger partial charge in [-0.1, -0.05) is 175 Å². The minimum atomic E-state index is 0.0219. The SMILES string of the molecule is Cc1cc(C(C)(C)C)ccc1N1c2cc3c(cc2Bc2c(-c4ccc(-c5ccccc5)cc4Nc4ccc(-c5ccccc5)cc4)cc4oc5ccccc5c4c21)C(C)(C)CCC3(C)C. The van der Waals surface area contributed by atoms with Crippen molar-refractivity contribution in [1.82, 2.24) is 0 Å². The van der Waals surface area contributed by atoms with Crippen LogP contribution in [-0.2, 0) is 16.2 Å². The van der Waals surface area contributed by atoms with Crippen LogP contribution in [0.3, 0.4) is 0 Å². The molecular weight excluding hydrogens is 787 g/mol. The standard InChI is InChI=1S/C61H57BN2O/c1-38-33-43(59(2,3)4)26-30-52(38)64-53-37-49-48(60(5,6)31-32-61(49,7)8)36-50(53)62-57-47(35-55-56(58(57)64)46-21-15-16-22-54(46)65-55)45-29-25-42(40-19-13-10-14-20-40)34-51(45)63-44-27-23-41(24-28-44)39-17-11-9-12-18-39/h9-30,33-37,62-63H,31-32H2,1-8H3. The Morgan fingerprint density at radius 2 is 1.18 bits per heavy atom. The third kappa shape index (κ3) is 7.06. The van der Waals surface area contributed by atoms with Crippen LogP contribution in [0.15, 0.2) is 168 Å². The zero-order valence-corrected chi connectivity index (χ0v) is 39.1. The minimum absolute atomic E-state index is 0.0219. The van der Waals surface area contributed by atoms with Gasteiger partial charge in [-0.25, -0.2) is 0 Å². The van der Waals surface area contributed by atoms with Gasteiger partial charge in [-0.15, -0.1) is 0 Å². The zero-order chi connectivity index (χ0) is 44.8. The lowest BCUT2D eigenvalue weighted by molar-refractivity contribution is 0.332. The van der Waals surface area contributed by atoms with E-state index < -0.39 is 0 Å². The van der Waals surface area contributed by atoms with Crippen LogP contribution >= 0.6 is 0 Å². The van der Waals surface area contributed by atoms with Crippen LogP contribution in [0.2, 0.25) is 0 Å². The quantitative estimate of drug-likeness (QED) is 0.169. The fourth-order valence-corrected chi connectivity index (χ4v) is 10.7. The van der Waals surface area contributed by atoms with E-state index in [2.05, 4.69) is 229 Å². The molecular formula is C61H57BN2O. The molecule has 65 heavy (non-hydrogen) atoms. The van der Waals surface area contributed by atoms with Crippen molar-refractivity contribution in [2.24, 2.45) is 0 Å². The Bertz CT molecular complexity index is 3300. The third-order valence-corrected chi connectivity index (χ3v) is 14.6. The average molecular weight is 845 g/mol. The van der Waals surface area contributed by atoms with Crippen molar-refractivity contribution in [3.05, 3.63) is 186 Å². The van der Waals surface area contributed by atoms with E-state index in [4.69, 9.17) is 4.42 Å². The topological polar surface area (TPSA) is 28.4 Å². The fourth-order valence-electron chi connectivity index (χ4n) is 10.7. The van der Waals surface area contributed by atoms with Gasteiger partial charge in [-0.2, -0.15) is 0 Å². The minimum Gasteiger partial charge on any atom is -0.456 e. The van der Waals surface area contributed by atoms with Gasteiger partial charge in [0.05, 0.1) is 11.1 Å². The largest absolute Gasteiger partial charge is 0.456 e. The van der Waals surface area contributed by atoms with Gasteiger partial charge < -0.3 is 14.6 Å². The fraction of sp³-hybridized carbons (Fsp3) is 0.213. The summed E-state index contributed by atoms with van der Waals surface area (Å²) < 4.78 is 6.96. The van der Waals surface area contributed by atoms with Crippen molar-refractivity contribution in [3.8, 4) is 33.4 Å². The van der Waals surface area contributed by atoms with Crippen LogP contribution in [0.4, 0.5) is 28.4 Å². The number of anilines is 5. The average Bonchev–Trinajstić information content (AvgIpc) is 3.68. The van der Waals surface area contributed by atoms with Crippen LogP contribution in [0, 0.1) is 6.92 Å². The van der Waals surface area contributed by atoms with E-state index >= 15 is 0 Å². The summed E-state index contributed by atoms with van der Waals surface area (Å²) in [5, 5.41) is 6.25. The Morgan fingerprint density at radius 3 is 1.86 bits per heavy atom. The summed E-state index contributed by atoms with van der Waals surface area (Å²) in [4.78, 5) is 2.62. The Hall–Kier alpha value is -6.78. The molecule has 8 aromatic carbocycles. The molecule has 320 valence electrons. The predicted octanol–water partition coefficient (Wildman–Crippen LogP) is 15.5. The maximum Gasteiger partial charge on any atom is 0.198 e. The van der Waals surface area contributed by atoms with Gasteiger partial charge in [0, 0.05) is 33.7 Å². The molecule has 1 aromatic heterocycles. The molecule has 1 aliphatic heterocycles. The first-order valence-corrected chi connectivity index (χ1v) is 23.4. The highest BCUT2D eigenvalue weighted by molar-refractivity contribution is 6.74. The van der Waals surface area contributed by atoms with Crippen LogP contribution in [0.25, 0.3) is 55.3 Å². The Balaban J connectivity index is 1.19. The normalized spacial score (nSPS) is 15.0. The van der Waals surface area contributed by atoms with Crippen molar-refractivity contribution in [3.63, 3.8) is 0 Å². The van der Waals surface area contributed by atoms with Crippen molar-refractivity contribution in [2.75, 3.05) is 10.2 Å². The van der Waals surface area contributed by atoms with Gasteiger partial charge in [0.1, 0.15) is 11.2 Å². The predicted molar refractivity (Wildman–Crippen MR) is 280 cm³/mol. The number of nitrogens with one attached hydrogen (secondary N) is 1. The van der Waals surface area contributed by atoms with Gasteiger partial charge >= 0.3 is 0 Å². The molecule has 0 bridgehead atoms. The lowest BCUT2D eigenvalue weighted by Crippen LogP contribution is -2.44. The first kappa shape index (κ1) is 41.0. The van der Waals surface area contributed by atoms with Gasteiger partial charge in [0.2, 0.25) is 0 Å². The molecule has 0 fully saturated rings. The monoisotopic (exact) mass is 844 g/mol. The molecule has 0 saturated carbocycles. The van der Waals surface area contributed by atoms with E-state index in [1.165, 1.54) is 78.9 Å². The van der Waals surface area contributed by atoms with Gasteiger partial charge in [0.25, 0.3) is 0 Å². The zero-order valence-electron chi connectivity index (χ0n) is 39.1. The molecule has 0 saturated heterocycles. The summed E-state index contributed by atoms with van der Waals surface area (Å²) in [6, 6.07) is 60.3. The first-order valence-electron chi connectivity index (χ1n) is 23.4. The second-order valence-electron chi connectivity index (χ2n) is 21.0. The number of fused-ring (bicyclic) bond motifs is 7. The van der Waals surface area contributed by atoms with Crippen molar-refractivity contribution < 1.29 is 4.42 Å². The maximum absolute atomic E-state index is 6.96. The highest BCUT2D eigenvalue weighted by Crippen LogP contribution is 2.51. The molecule has 0 spiro atoms. The summed E-state index contributed by atoms with van der Waals surface area (Å²) in [5.41, 5.74) is 23.0. The number of rotatable bonds is 6. The molecule has 11 rings (SSSR count). The number of furan rings is 1. The number of nitrogens with zero attached hydrogens (tertiary/aromatic N) is 1. The summed E-state index contributed by atoms with van der Waals surface area (Å²) >= 11 is 0. The maximum atomic E-state index is 6.96.